The Labute approximate surface area is 153 Å². The van der Waals surface area contributed by atoms with Gasteiger partial charge in [-0.1, -0.05) is 6.92 Å². The van der Waals surface area contributed by atoms with E-state index in [-0.39, 0.29) is 29.6 Å². The van der Waals surface area contributed by atoms with Crippen LogP contribution in [0, 0.1) is 17.3 Å². The highest BCUT2D eigenvalue weighted by molar-refractivity contribution is 5.76. The second-order valence-electron chi connectivity index (χ2n) is 9.82. The second kappa shape index (κ2) is 6.53. The summed E-state index contributed by atoms with van der Waals surface area (Å²) in [4.78, 5) is 12.8. The molecule has 4 heteroatoms. The summed E-state index contributed by atoms with van der Waals surface area (Å²) in [6.07, 6.45) is 7.05. The molecule has 4 saturated carbocycles. The van der Waals surface area contributed by atoms with Crippen LogP contribution in [0.4, 0.5) is 0 Å². The van der Waals surface area contributed by atoms with Crippen molar-refractivity contribution in [3.8, 4) is 0 Å². The Balaban J connectivity index is 1.75. The highest BCUT2D eigenvalue weighted by Crippen LogP contribution is 2.60. The molecule has 3 unspecified atom stereocenters. The average molecular weight is 353 g/mol. The Hall–Kier alpha value is -0.610. The van der Waals surface area contributed by atoms with Crippen LogP contribution in [0.25, 0.3) is 0 Å². The molecule has 0 heterocycles. The van der Waals surface area contributed by atoms with Crippen molar-refractivity contribution in [3.05, 3.63) is 0 Å². The van der Waals surface area contributed by atoms with Crippen molar-refractivity contribution < 1.29 is 19.0 Å². The van der Waals surface area contributed by atoms with E-state index in [0.29, 0.717) is 11.8 Å². The summed E-state index contributed by atoms with van der Waals surface area (Å²) >= 11 is 0. The molecule has 144 valence electrons. The zero-order valence-electron chi connectivity index (χ0n) is 16.9. The third-order valence-corrected chi connectivity index (χ3v) is 6.58. The van der Waals surface area contributed by atoms with E-state index in [2.05, 4.69) is 6.92 Å². The van der Waals surface area contributed by atoms with Gasteiger partial charge < -0.3 is 14.2 Å². The molecule has 0 amide bonds. The number of hydrogen-bond donors (Lipinski definition) is 0. The van der Waals surface area contributed by atoms with Gasteiger partial charge in [0.2, 0.25) is 0 Å². The average Bonchev–Trinajstić information content (AvgIpc) is 2.43. The molecule has 0 saturated heterocycles. The zero-order chi connectivity index (χ0) is 18.5. The maximum atomic E-state index is 12.8. The first-order chi connectivity index (χ1) is 11.6. The molecule has 3 atom stereocenters. The first-order valence-electron chi connectivity index (χ1n) is 10.1. The lowest BCUT2D eigenvalue weighted by atomic mass is 9.52. The molecule has 0 spiro atoms. The van der Waals surface area contributed by atoms with E-state index in [4.69, 9.17) is 14.2 Å². The molecule has 4 nitrogen and oxygen atoms in total. The van der Waals surface area contributed by atoms with Gasteiger partial charge >= 0.3 is 5.97 Å². The highest BCUT2D eigenvalue weighted by atomic mass is 16.7. The van der Waals surface area contributed by atoms with Gasteiger partial charge in [-0.05, 0) is 85.0 Å². The van der Waals surface area contributed by atoms with Crippen LogP contribution < -0.4 is 0 Å². The SMILES string of the molecule is CCC(C)(C)C(=O)OC12CC3CC(C1)CC(OC(C)OC(C)C)(C3)C2. The summed E-state index contributed by atoms with van der Waals surface area (Å²) in [5.74, 6) is 1.19. The van der Waals surface area contributed by atoms with Crippen molar-refractivity contribution in [3.63, 3.8) is 0 Å². The largest absolute Gasteiger partial charge is 0.459 e. The lowest BCUT2D eigenvalue weighted by Crippen LogP contribution is -2.62. The Morgan fingerprint density at radius 1 is 1.08 bits per heavy atom. The van der Waals surface area contributed by atoms with E-state index in [0.717, 1.165) is 38.5 Å². The molecule has 0 aromatic carbocycles. The minimum atomic E-state index is -0.411. The third kappa shape index (κ3) is 3.90. The lowest BCUT2D eigenvalue weighted by molar-refractivity contribution is -0.285. The molecule has 4 bridgehead atoms. The minimum Gasteiger partial charge on any atom is -0.459 e. The fourth-order valence-electron chi connectivity index (χ4n) is 5.60. The molecule has 0 aromatic heterocycles. The molecule has 4 aliphatic rings. The van der Waals surface area contributed by atoms with Crippen molar-refractivity contribution in [2.24, 2.45) is 17.3 Å². The molecule has 0 radical (unpaired) electrons. The van der Waals surface area contributed by atoms with Gasteiger partial charge in [0.05, 0.1) is 17.1 Å². The monoisotopic (exact) mass is 352 g/mol. The lowest BCUT2D eigenvalue weighted by Gasteiger charge is -2.61. The normalized spacial score (nSPS) is 38.2. The van der Waals surface area contributed by atoms with Crippen LogP contribution in [-0.4, -0.2) is 29.6 Å². The van der Waals surface area contributed by atoms with Gasteiger partial charge in [-0.3, -0.25) is 4.79 Å². The van der Waals surface area contributed by atoms with Crippen LogP contribution in [0.5, 0.6) is 0 Å². The Morgan fingerprint density at radius 3 is 2.16 bits per heavy atom. The van der Waals surface area contributed by atoms with Crippen LogP contribution >= 0.6 is 0 Å². The third-order valence-electron chi connectivity index (χ3n) is 6.58. The number of carbonyl (C=O) groups is 1. The number of hydrogen-bond acceptors (Lipinski definition) is 4. The van der Waals surface area contributed by atoms with Crippen LogP contribution in [-0.2, 0) is 19.0 Å². The van der Waals surface area contributed by atoms with Crippen molar-refractivity contribution >= 4 is 5.97 Å². The molecule has 4 rings (SSSR count). The van der Waals surface area contributed by atoms with Crippen molar-refractivity contribution in [1.29, 1.82) is 0 Å². The molecule has 25 heavy (non-hydrogen) atoms. The van der Waals surface area contributed by atoms with E-state index >= 15 is 0 Å². The highest BCUT2D eigenvalue weighted by Gasteiger charge is 2.61. The van der Waals surface area contributed by atoms with E-state index in [9.17, 15) is 4.79 Å². The van der Waals surface area contributed by atoms with E-state index in [1.807, 2.05) is 34.6 Å². The first kappa shape index (κ1) is 19.2. The molecule has 4 fully saturated rings. The molecule has 0 N–H and O–H groups in total. The van der Waals surface area contributed by atoms with Gasteiger partial charge in [0.25, 0.3) is 0 Å². The maximum Gasteiger partial charge on any atom is 0.312 e. The number of carbonyl (C=O) groups excluding carboxylic acids is 1. The number of esters is 1. The van der Waals surface area contributed by atoms with E-state index < -0.39 is 5.41 Å². The molecular formula is C21H36O4. The number of ether oxygens (including phenoxy) is 3. The zero-order valence-corrected chi connectivity index (χ0v) is 16.9. The minimum absolute atomic E-state index is 0.0430. The number of rotatable bonds is 7. The fraction of sp³-hybridized carbons (Fsp3) is 0.952. The van der Waals surface area contributed by atoms with Crippen molar-refractivity contribution in [1.82, 2.24) is 0 Å². The molecule has 0 aromatic rings. The summed E-state index contributed by atoms with van der Waals surface area (Å²) in [5, 5.41) is 0. The summed E-state index contributed by atoms with van der Waals surface area (Å²) < 4.78 is 18.5. The maximum absolute atomic E-state index is 12.8. The summed E-state index contributed by atoms with van der Waals surface area (Å²) in [5.41, 5.74) is -0.897. The molecule has 4 aliphatic carbocycles. The molecule has 0 aliphatic heterocycles. The van der Waals surface area contributed by atoms with Gasteiger partial charge in [-0.15, -0.1) is 0 Å². The van der Waals surface area contributed by atoms with E-state index in [1.165, 1.54) is 6.42 Å². The summed E-state index contributed by atoms with van der Waals surface area (Å²) in [6, 6.07) is 0. The van der Waals surface area contributed by atoms with E-state index in [1.54, 1.807) is 0 Å². The molecular weight excluding hydrogens is 316 g/mol. The smallest absolute Gasteiger partial charge is 0.312 e. The van der Waals surface area contributed by atoms with Crippen LogP contribution in [0.3, 0.4) is 0 Å². The van der Waals surface area contributed by atoms with Gasteiger partial charge in [0.15, 0.2) is 6.29 Å². The Bertz CT molecular complexity index is 496. The van der Waals surface area contributed by atoms with Crippen molar-refractivity contribution in [2.75, 3.05) is 0 Å². The standard InChI is InChI=1S/C21H36O4/c1-7-19(5,6)18(22)25-21-11-16-8-17(12-21)10-20(9-16,13-21)24-15(4)23-14(2)3/h14-17H,7-13H2,1-6H3. The van der Waals surface area contributed by atoms with Gasteiger partial charge in [0, 0.05) is 6.42 Å². The van der Waals surface area contributed by atoms with Crippen molar-refractivity contribution in [2.45, 2.75) is 110 Å². The Kier molecular flexibility index (Phi) is 5.00. The predicted molar refractivity (Wildman–Crippen MR) is 97.1 cm³/mol. The quantitative estimate of drug-likeness (QED) is 0.485. The Morgan fingerprint density at radius 2 is 1.64 bits per heavy atom. The van der Waals surface area contributed by atoms with Gasteiger partial charge in [-0.25, -0.2) is 0 Å². The topological polar surface area (TPSA) is 44.8 Å². The first-order valence-corrected chi connectivity index (χ1v) is 10.1. The van der Waals surface area contributed by atoms with Crippen LogP contribution in [0.15, 0.2) is 0 Å². The fourth-order valence-corrected chi connectivity index (χ4v) is 5.60. The predicted octanol–water partition coefficient (Wildman–Crippen LogP) is 4.84. The van der Waals surface area contributed by atoms with Crippen LogP contribution in [0.1, 0.15) is 86.5 Å². The van der Waals surface area contributed by atoms with Gasteiger partial charge in [0.1, 0.15) is 5.60 Å². The summed E-state index contributed by atoms with van der Waals surface area (Å²) in [6.45, 7) is 12.1. The van der Waals surface area contributed by atoms with Crippen LogP contribution in [0.2, 0.25) is 0 Å². The van der Waals surface area contributed by atoms with Gasteiger partial charge in [-0.2, -0.15) is 0 Å². The summed E-state index contributed by atoms with van der Waals surface area (Å²) in [7, 11) is 0. The second-order valence-corrected chi connectivity index (χ2v) is 9.82.